The van der Waals surface area contributed by atoms with Crippen molar-refractivity contribution in [3.8, 4) is 0 Å². The van der Waals surface area contributed by atoms with Crippen molar-refractivity contribution >= 4 is 11.9 Å². The summed E-state index contributed by atoms with van der Waals surface area (Å²) in [4.78, 5) is 33.8. The number of pyridine rings is 1. The zero-order chi connectivity index (χ0) is 17.4. The molecular formula is C17H18N4O4. The summed E-state index contributed by atoms with van der Waals surface area (Å²) < 4.78 is 5.32. The van der Waals surface area contributed by atoms with E-state index < -0.39 is 5.97 Å². The number of carboxylic acids is 1. The first-order valence-corrected chi connectivity index (χ1v) is 8.45. The molecule has 1 atom stereocenters. The van der Waals surface area contributed by atoms with Gasteiger partial charge in [0.2, 0.25) is 5.89 Å². The van der Waals surface area contributed by atoms with Gasteiger partial charge in [0.15, 0.2) is 5.82 Å². The second-order valence-electron chi connectivity index (χ2n) is 6.57. The van der Waals surface area contributed by atoms with Crippen molar-refractivity contribution in [2.24, 2.45) is 0 Å². The summed E-state index contributed by atoms with van der Waals surface area (Å²) in [6, 6.07) is 4.45. The van der Waals surface area contributed by atoms with Crippen LogP contribution in [0.3, 0.4) is 0 Å². The van der Waals surface area contributed by atoms with Crippen molar-refractivity contribution in [3.63, 3.8) is 0 Å². The summed E-state index contributed by atoms with van der Waals surface area (Å²) in [5.41, 5.74) is 0.0129. The lowest BCUT2D eigenvalue weighted by Gasteiger charge is -2.31. The highest BCUT2D eigenvalue weighted by Crippen LogP contribution is 2.39. The van der Waals surface area contributed by atoms with Gasteiger partial charge in [-0.25, -0.2) is 9.78 Å². The highest BCUT2D eigenvalue weighted by molar-refractivity contribution is 5.94. The molecule has 2 aliphatic rings. The number of nitrogens with zero attached hydrogens (tertiary/aromatic N) is 4. The Kier molecular flexibility index (Phi) is 3.95. The van der Waals surface area contributed by atoms with Gasteiger partial charge in [-0.3, -0.25) is 4.79 Å². The van der Waals surface area contributed by atoms with Crippen LogP contribution in [0.4, 0.5) is 0 Å². The minimum Gasteiger partial charge on any atom is -0.477 e. The molecule has 1 unspecified atom stereocenters. The van der Waals surface area contributed by atoms with E-state index in [4.69, 9.17) is 9.63 Å². The molecule has 1 aliphatic carbocycles. The maximum absolute atomic E-state index is 12.7. The first-order chi connectivity index (χ1) is 12.1. The molecule has 8 heteroatoms. The minimum atomic E-state index is -1.15. The van der Waals surface area contributed by atoms with E-state index in [1.54, 1.807) is 4.90 Å². The van der Waals surface area contributed by atoms with Crippen LogP contribution in [0, 0.1) is 0 Å². The Balaban J connectivity index is 1.49. The van der Waals surface area contributed by atoms with Crippen LogP contribution in [0.5, 0.6) is 0 Å². The molecule has 130 valence electrons. The predicted molar refractivity (Wildman–Crippen MR) is 85.3 cm³/mol. The Hall–Kier alpha value is -2.77. The van der Waals surface area contributed by atoms with Crippen molar-refractivity contribution in [1.82, 2.24) is 20.0 Å². The highest BCUT2D eigenvalue weighted by Gasteiger charge is 2.33. The van der Waals surface area contributed by atoms with Gasteiger partial charge in [0.1, 0.15) is 11.4 Å². The van der Waals surface area contributed by atoms with Crippen LogP contribution >= 0.6 is 0 Å². The molecule has 1 saturated heterocycles. The van der Waals surface area contributed by atoms with Crippen molar-refractivity contribution < 1.29 is 19.2 Å². The van der Waals surface area contributed by atoms with E-state index >= 15 is 0 Å². The summed E-state index contributed by atoms with van der Waals surface area (Å²) in [7, 11) is 0. The zero-order valence-corrected chi connectivity index (χ0v) is 13.6. The van der Waals surface area contributed by atoms with Gasteiger partial charge in [-0.2, -0.15) is 4.98 Å². The summed E-state index contributed by atoms with van der Waals surface area (Å²) in [5.74, 6) is 0.396. The fourth-order valence-corrected chi connectivity index (χ4v) is 3.12. The molecule has 2 fully saturated rings. The van der Waals surface area contributed by atoms with Gasteiger partial charge in [0.25, 0.3) is 5.91 Å². The molecule has 2 aromatic rings. The molecule has 25 heavy (non-hydrogen) atoms. The van der Waals surface area contributed by atoms with E-state index in [9.17, 15) is 9.59 Å². The van der Waals surface area contributed by atoms with E-state index in [-0.39, 0.29) is 23.2 Å². The van der Waals surface area contributed by atoms with Gasteiger partial charge in [0.05, 0.1) is 0 Å². The fraction of sp³-hybridized carbons (Fsp3) is 0.471. The third kappa shape index (κ3) is 3.24. The predicted octanol–water partition coefficient (Wildman–Crippen LogP) is 2.06. The van der Waals surface area contributed by atoms with E-state index in [0.717, 1.165) is 25.7 Å². The van der Waals surface area contributed by atoms with Gasteiger partial charge >= 0.3 is 5.97 Å². The number of hydrogen-bond acceptors (Lipinski definition) is 6. The smallest absolute Gasteiger partial charge is 0.354 e. The topological polar surface area (TPSA) is 109 Å². The van der Waals surface area contributed by atoms with E-state index in [0.29, 0.717) is 30.7 Å². The molecule has 2 aromatic heterocycles. The second-order valence-corrected chi connectivity index (χ2v) is 6.57. The average Bonchev–Trinajstić information content (AvgIpc) is 3.38. The van der Waals surface area contributed by atoms with Gasteiger partial charge in [-0.1, -0.05) is 11.2 Å². The lowest BCUT2D eigenvalue weighted by atomic mass is 9.97. The van der Waals surface area contributed by atoms with Gasteiger partial charge in [0, 0.05) is 24.9 Å². The lowest BCUT2D eigenvalue weighted by Crippen LogP contribution is -2.39. The maximum atomic E-state index is 12.7. The Morgan fingerprint density at radius 2 is 1.92 bits per heavy atom. The van der Waals surface area contributed by atoms with Crippen molar-refractivity contribution in [2.75, 3.05) is 13.1 Å². The van der Waals surface area contributed by atoms with E-state index in [2.05, 4.69) is 15.1 Å². The summed E-state index contributed by atoms with van der Waals surface area (Å²) >= 11 is 0. The number of rotatable bonds is 4. The zero-order valence-electron chi connectivity index (χ0n) is 13.6. The molecule has 3 heterocycles. The SMILES string of the molecule is O=C(O)c1cccc(C(=O)N2CCCC(c3noc(C4CC4)n3)C2)n1. The number of aromatic nitrogens is 3. The number of carbonyl (C=O) groups excluding carboxylic acids is 1. The van der Waals surface area contributed by atoms with Gasteiger partial charge in [-0.05, 0) is 37.8 Å². The summed E-state index contributed by atoms with van der Waals surface area (Å²) in [6.07, 6.45) is 3.93. The van der Waals surface area contributed by atoms with Crippen LogP contribution < -0.4 is 0 Å². The van der Waals surface area contributed by atoms with Crippen LogP contribution in [-0.2, 0) is 0 Å². The minimum absolute atomic E-state index is 0.0385. The number of hydrogen-bond donors (Lipinski definition) is 1. The number of likely N-dealkylation sites (tertiary alicyclic amines) is 1. The third-order valence-electron chi connectivity index (χ3n) is 4.65. The van der Waals surface area contributed by atoms with E-state index in [1.165, 1.54) is 18.2 Å². The maximum Gasteiger partial charge on any atom is 0.354 e. The Bertz CT molecular complexity index is 814. The standard InChI is InChI=1S/C17H18N4O4/c22-16(12-4-1-5-13(18-12)17(23)24)21-8-2-3-11(9-21)14-19-15(25-20-14)10-6-7-10/h1,4-5,10-11H,2-3,6-9H2,(H,23,24). The Morgan fingerprint density at radius 1 is 1.12 bits per heavy atom. The molecule has 0 radical (unpaired) electrons. The molecule has 1 N–H and O–H groups in total. The number of amides is 1. The third-order valence-corrected chi connectivity index (χ3v) is 4.65. The largest absolute Gasteiger partial charge is 0.477 e. The van der Waals surface area contributed by atoms with Crippen molar-refractivity contribution in [2.45, 2.75) is 37.5 Å². The number of carbonyl (C=O) groups is 2. The molecule has 8 nitrogen and oxygen atoms in total. The van der Waals surface area contributed by atoms with Crippen LogP contribution in [-0.4, -0.2) is 50.1 Å². The molecule has 0 aromatic carbocycles. The second kappa shape index (κ2) is 6.27. The molecule has 1 amide bonds. The molecule has 1 saturated carbocycles. The first kappa shape index (κ1) is 15.7. The first-order valence-electron chi connectivity index (χ1n) is 8.45. The number of carboxylic acid groups (broad SMARTS) is 1. The monoisotopic (exact) mass is 342 g/mol. The molecule has 0 spiro atoms. The molecule has 4 rings (SSSR count). The number of aromatic carboxylic acids is 1. The lowest BCUT2D eigenvalue weighted by molar-refractivity contribution is 0.0686. The quantitative estimate of drug-likeness (QED) is 0.905. The fourth-order valence-electron chi connectivity index (χ4n) is 3.12. The van der Waals surface area contributed by atoms with Crippen LogP contribution in [0.25, 0.3) is 0 Å². The van der Waals surface area contributed by atoms with E-state index in [1.807, 2.05) is 0 Å². The molecule has 0 bridgehead atoms. The van der Waals surface area contributed by atoms with Crippen LogP contribution in [0.1, 0.15) is 70.2 Å². The Labute approximate surface area is 143 Å². The molecular weight excluding hydrogens is 324 g/mol. The summed E-state index contributed by atoms with van der Waals surface area (Å²) in [6.45, 7) is 1.10. The van der Waals surface area contributed by atoms with Gasteiger partial charge in [-0.15, -0.1) is 0 Å². The summed E-state index contributed by atoms with van der Waals surface area (Å²) in [5, 5.41) is 13.1. The van der Waals surface area contributed by atoms with Gasteiger partial charge < -0.3 is 14.5 Å². The highest BCUT2D eigenvalue weighted by atomic mass is 16.5. The molecule has 1 aliphatic heterocycles. The number of piperidine rings is 1. The average molecular weight is 342 g/mol. The van der Waals surface area contributed by atoms with Crippen LogP contribution in [0.15, 0.2) is 22.7 Å². The van der Waals surface area contributed by atoms with Crippen molar-refractivity contribution in [1.29, 1.82) is 0 Å². The van der Waals surface area contributed by atoms with Crippen molar-refractivity contribution in [3.05, 3.63) is 41.3 Å². The van der Waals surface area contributed by atoms with Crippen LogP contribution in [0.2, 0.25) is 0 Å². The Morgan fingerprint density at radius 3 is 2.68 bits per heavy atom. The normalized spacial score (nSPS) is 20.5.